The summed E-state index contributed by atoms with van der Waals surface area (Å²) in [6.07, 6.45) is 7.17. The van der Waals surface area contributed by atoms with Crippen molar-refractivity contribution in [1.82, 2.24) is 0 Å². The average molecular weight is 182 g/mol. The van der Waals surface area contributed by atoms with Gasteiger partial charge >= 0.3 is 0 Å². The van der Waals surface area contributed by atoms with E-state index in [9.17, 15) is 0 Å². The second kappa shape index (κ2) is 5.47. The molecule has 13 heavy (non-hydrogen) atoms. The Morgan fingerprint density at radius 2 is 1.62 bits per heavy atom. The van der Waals surface area contributed by atoms with Crippen molar-refractivity contribution in [2.75, 3.05) is 0 Å². The second-order valence-corrected chi connectivity index (χ2v) is 5.64. The molecule has 0 fully saturated rings. The topological polar surface area (TPSA) is 0 Å². The fourth-order valence-electron chi connectivity index (χ4n) is 1.85. The van der Waals surface area contributed by atoms with E-state index in [0.717, 1.165) is 5.92 Å². The van der Waals surface area contributed by atoms with Crippen LogP contribution in [0.3, 0.4) is 0 Å². The van der Waals surface area contributed by atoms with Crippen molar-refractivity contribution in [2.45, 2.75) is 54.4 Å². The maximum atomic E-state index is 2.36. The Hall–Kier alpha value is -0.260. The van der Waals surface area contributed by atoms with Gasteiger partial charge in [0.25, 0.3) is 0 Å². The van der Waals surface area contributed by atoms with E-state index >= 15 is 0 Å². The van der Waals surface area contributed by atoms with Crippen LogP contribution in [-0.4, -0.2) is 0 Å². The van der Waals surface area contributed by atoms with Gasteiger partial charge in [0, 0.05) is 0 Å². The number of allylic oxidation sites excluding steroid dienone is 2. The maximum absolute atomic E-state index is 2.36. The lowest BCUT2D eigenvalue weighted by molar-refractivity contribution is 0.290. The molecule has 0 nitrogen and oxygen atoms in total. The third-order valence-corrected chi connectivity index (χ3v) is 2.15. The molecule has 0 heterocycles. The minimum absolute atomic E-state index is 0.472. The fourth-order valence-corrected chi connectivity index (χ4v) is 1.85. The van der Waals surface area contributed by atoms with Gasteiger partial charge in [-0.3, -0.25) is 0 Å². The van der Waals surface area contributed by atoms with Crippen LogP contribution in [0.4, 0.5) is 0 Å². The molecule has 0 heteroatoms. The molecule has 0 aliphatic rings. The van der Waals surface area contributed by atoms with Crippen LogP contribution < -0.4 is 0 Å². The van der Waals surface area contributed by atoms with Crippen molar-refractivity contribution >= 4 is 0 Å². The maximum Gasteiger partial charge on any atom is -0.0290 e. The molecule has 0 aromatic carbocycles. The molecule has 0 unspecified atom stereocenters. The zero-order valence-corrected chi connectivity index (χ0v) is 10.2. The van der Waals surface area contributed by atoms with Gasteiger partial charge in [-0.25, -0.2) is 0 Å². The molecule has 0 amide bonds. The molecule has 0 radical (unpaired) electrons. The van der Waals surface area contributed by atoms with Crippen molar-refractivity contribution in [2.24, 2.45) is 17.3 Å². The highest BCUT2D eigenvalue weighted by atomic mass is 14.2. The summed E-state index contributed by atoms with van der Waals surface area (Å²) in [6.45, 7) is 13.8. The molecule has 0 aliphatic carbocycles. The van der Waals surface area contributed by atoms with Gasteiger partial charge in [-0.15, -0.1) is 0 Å². The van der Waals surface area contributed by atoms with E-state index < -0.39 is 0 Å². The van der Waals surface area contributed by atoms with Gasteiger partial charge in [-0.2, -0.15) is 0 Å². The lowest BCUT2D eigenvalue weighted by Gasteiger charge is -2.25. The van der Waals surface area contributed by atoms with Crippen molar-refractivity contribution in [3.8, 4) is 0 Å². The minimum Gasteiger partial charge on any atom is -0.0877 e. The molecule has 0 aromatic heterocycles. The fraction of sp³-hybridized carbons (Fsp3) is 0.846. The zero-order valence-electron chi connectivity index (χ0n) is 10.2. The lowest BCUT2D eigenvalue weighted by atomic mass is 9.81. The van der Waals surface area contributed by atoms with E-state index in [2.05, 4.69) is 53.7 Å². The van der Waals surface area contributed by atoms with Crippen LogP contribution in [0.2, 0.25) is 0 Å². The highest BCUT2D eigenvalue weighted by Gasteiger charge is 2.17. The molecule has 78 valence electrons. The predicted octanol–water partition coefficient (Wildman–Crippen LogP) is 4.66. The number of rotatable bonds is 5. The zero-order chi connectivity index (χ0) is 10.5. The summed E-state index contributed by atoms with van der Waals surface area (Å²) in [4.78, 5) is 0. The Balaban J connectivity index is 3.88. The molecule has 0 atom stereocenters. The van der Waals surface area contributed by atoms with Gasteiger partial charge in [-0.1, -0.05) is 53.7 Å². The summed E-state index contributed by atoms with van der Waals surface area (Å²) >= 11 is 0. The van der Waals surface area contributed by atoms with E-state index in [1.165, 1.54) is 12.8 Å². The minimum atomic E-state index is 0.472. The standard InChI is InChI=1S/C13H26/c1-11(2)8-7-9-13(5,6)10-12(3)4/h7-8,11-12H,9-10H2,1-6H3/b8-7+. The highest BCUT2D eigenvalue weighted by Crippen LogP contribution is 2.29. The van der Waals surface area contributed by atoms with E-state index in [0.29, 0.717) is 11.3 Å². The first kappa shape index (κ1) is 12.7. The Labute approximate surface area is 84.4 Å². The smallest absolute Gasteiger partial charge is 0.0290 e. The first-order chi connectivity index (χ1) is 5.83. The van der Waals surface area contributed by atoms with Crippen molar-refractivity contribution in [3.63, 3.8) is 0 Å². The molecular weight excluding hydrogens is 156 g/mol. The van der Waals surface area contributed by atoms with E-state index in [1.807, 2.05) is 0 Å². The normalized spacial score (nSPS) is 13.5. The highest BCUT2D eigenvalue weighted by molar-refractivity contribution is 4.89. The van der Waals surface area contributed by atoms with Gasteiger partial charge in [0.2, 0.25) is 0 Å². The Kier molecular flexibility index (Phi) is 5.36. The third kappa shape index (κ3) is 8.08. The number of hydrogen-bond donors (Lipinski definition) is 0. The molecule has 0 aromatic rings. The SMILES string of the molecule is CC(C)/C=C/CC(C)(C)CC(C)C. The number of hydrogen-bond acceptors (Lipinski definition) is 0. The van der Waals surface area contributed by atoms with Gasteiger partial charge in [0.05, 0.1) is 0 Å². The first-order valence-corrected chi connectivity index (χ1v) is 5.50. The summed E-state index contributed by atoms with van der Waals surface area (Å²) in [7, 11) is 0. The van der Waals surface area contributed by atoms with Crippen LogP contribution in [0.5, 0.6) is 0 Å². The molecule has 0 N–H and O–H groups in total. The Morgan fingerprint density at radius 1 is 1.08 bits per heavy atom. The molecule has 0 saturated heterocycles. The second-order valence-electron chi connectivity index (χ2n) is 5.64. The summed E-state index contributed by atoms with van der Waals surface area (Å²) in [6, 6.07) is 0. The first-order valence-electron chi connectivity index (χ1n) is 5.50. The quantitative estimate of drug-likeness (QED) is 0.542. The van der Waals surface area contributed by atoms with Crippen LogP contribution in [-0.2, 0) is 0 Å². The average Bonchev–Trinajstić information content (AvgIpc) is 1.81. The molecule has 0 bridgehead atoms. The molecule has 0 saturated carbocycles. The lowest BCUT2D eigenvalue weighted by Crippen LogP contribution is -2.13. The van der Waals surface area contributed by atoms with Crippen LogP contribution >= 0.6 is 0 Å². The molecule has 0 aliphatic heterocycles. The van der Waals surface area contributed by atoms with Crippen molar-refractivity contribution < 1.29 is 0 Å². The monoisotopic (exact) mass is 182 g/mol. The third-order valence-electron chi connectivity index (χ3n) is 2.15. The van der Waals surface area contributed by atoms with Crippen molar-refractivity contribution in [1.29, 1.82) is 0 Å². The van der Waals surface area contributed by atoms with Crippen LogP contribution in [0.15, 0.2) is 12.2 Å². The van der Waals surface area contributed by atoms with E-state index in [1.54, 1.807) is 0 Å². The van der Waals surface area contributed by atoms with Gasteiger partial charge in [-0.05, 0) is 30.1 Å². The largest absolute Gasteiger partial charge is 0.0877 e. The predicted molar refractivity (Wildman–Crippen MR) is 61.8 cm³/mol. The van der Waals surface area contributed by atoms with Gasteiger partial charge in [0.15, 0.2) is 0 Å². The van der Waals surface area contributed by atoms with Gasteiger partial charge in [0.1, 0.15) is 0 Å². The Bertz CT molecular complexity index is 149. The summed E-state index contributed by atoms with van der Waals surface area (Å²) in [5, 5.41) is 0. The van der Waals surface area contributed by atoms with E-state index in [-0.39, 0.29) is 0 Å². The van der Waals surface area contributed by atoms with Crippen LogP contribution in [0.1, 0.15) is 54.4 Å². The molecular formula is C13H26. The van der Waals surface area contributed by atoms with Crippen molar-refractivity contribution in [3.05, 3.63) is 12.2 Å². The summed E-state index contributed by atoms with van der Waals surface area (Å²) in [5.41, 5.74) is 0.472. The molecule has 0 rings (SSSR count). The summed E-state index contributed by atoms with van der Waals surface area (Å²) in [5.74, 6) is 1.50. The Morgan fingerprint density at radius 3 is 2.00 bits per heavy atom. The van der Waals surface area contributed by atoms with E-state index in [4.69, 9.17) is 0 Å². The summed E-state index contributed by atoms with van der Waals surface area (Å²) < 4.78 is 0. The molecule has 0 spiro atoms. The van der Waals surface area contributed by atoms with Crippen LogP contribution in [0.25, 0.3) is 0 Å². The van der Waals surface area contributed by atoms with Crippen LogP contribution in [0, 0.1) is 17.3 Å². The van der Waals surface area contributed by atoms with Gasteiger partial charge < -0.3 is 0 Å².